The summed E-state index contributed by atoms with van der Waals surface area (Å²) in [5.74, 6) is -0.922. The summed E-state index contributed by atoms with van der Waals surface area (Å²) in [6, 6.07) is 9.97. The van der Waals surface area contributed by atoms with Crippen molar-refractivity contribution < 1.29 is 9.90 Å². The zero-order valence-electron chi connectivity index (χ0n) is 13.2. The third kappa shape index (κ3) is 3.56. The van der Waals surface area contributed by atoms with Crippen molar-refractivity contribution in [3.05, 3.63) is 59.7 Å². The number of aryl methyl sites for hydroxylation is 1. The Balaban J connectivity index is 1.87. The van der Waals surface area contributed by atoms with E-state index in [9.17, 15) is 9.90 Å². The van der Waals surface area contributed by atoms with Gasteiger partial charge < -0.3 is 5.11 Å². The van der Waals surface area contributed by atoms with Crippen molar-refractivity contribution in [2.75, 3.05) is 13.1 Å². The van der Waals surface area contributed by atoms with E-state index in [0.717, 1.165) is 30.0 Å². The van der Waals surface area contributed by atoms with Gasteiger partial charge in [-0.2, -0.15) is 0 Å². The van der Waals surface area contributed by atoms with Gasteiger partial charge in [0.05, 0.1) is 23.3 Å². The lowest BCUT2D eigenvalue weighted by Crippen LogP contribution is -2.39. The number of likely N-dealkylation sites (tertiary alicyclic amines) is 1. The van der Waals surface area contributed by atoms with Gasteiger partial charge >= 0.3 is 5.97 Å². The van der Waals surface area contributed by atoms with Crippen molar-refractivity contribution in [3.63, 3.8) is 0 Å². The van der Waals surface area contributed by atoms with Crippen molar-refractivity contribution in [1.29, 1.82) is 0 Å². The lowest BCUT2D eigenvalue weighted by atomic mass is 9.94. The van der Waals surface area contributed by atoms with Crippen LogP contribution in [0.3, 0.4) is 0 Å². The zero-order valence-corrected chi connectivity index (χ0v) is 13.2. The predicted octanol–water partition coefficient (Wildman–Crippen LogP) is 2.67. The Bertz CT molecular complexity index is 650. The van der Waals surface area contributed by atoms with Gasteiger partial charge in [-0.05, 0) is 56.6 Å². The lowest BCUT2D eigenvalue weighted by molar-refractivity contribution is -0.143. The van der Waals surface area contributed by atoms with Crippen LogP contribution in [-0.2, 0) is 4.79 Å². The number of carboxylic acids is 1. The van der Waals surface area contributed by atoms with E-state index in [0.29, 0.717) is 12.8 Å². The third-order valence-electron chi connectivity index (χ3n) is 4.43. The van der Waals surface area contributed by atoms with Gasteiger partial charge in [0.15, 0.2) is 0 Å². The van der Waals surface area contributed by atoms with Crippen molar-refractivity contribution in [1.82, 2.24) is 14.9 Å². The Morgan fingerprint density at radius 1 is 1.17 bits per heavy atom. The number of aromatic nitrogens is 2. The molecule has 0 saturated carbocycles. The van der Waals surface area contributed by atoms with Crippen LogP contribution in [0.4, 0.5) is 0 Å². The van der Waals surface area contributed by atoms with Crippen LogP contribution < -0.4 is 0 Å². The minimum Gasteiger partial charge on any atom is -0.481 e. The number of nitrogens with zero attached hydrogens (tertiary/aromatic N) is 3. The molecule has 120 valence electrons. The Morgan fingerprint density at radius 3 is 2.48 bits per heavy atom. The topological polar surface area (TPSA) is 66.3 Å². The summed E-state index contributed by atoms with van der Waals surface area (Å²) in [6.07, 6.45) is 5.00. The third-order valence-corrected chi connectivity index (χ3v) is 4.43. The maximum Gasteiger partial charge on any atom is 0.306 e. The number of aliphatic carboxylic acids is 1. The summed E-state index contributed by atoms with van der Waals surface area (Å²) in [5.41, 5.74) is 3.04. The Kier molecular flexibility index (Phi) is 4.67. The predicted molar refractivity (Wildman–Crippen MR) is 87.0 cm³/mol. The fraction of sp³-hybridized carbons (Fsp3) is 0.389. The molecule has 1 saturated heterocycles. The molecule has 1 N–H and O–H groups in total. The zero-order chi connectivity index (χ0) is 16.2. The number of hydrogen-bond acceptors (Lipinski definition) is 4. The normalized spacial score (nSPS) is 17.8. The number of carboxylic acid groups (broad SMARTS) is 1. The highest BCUT2D eigenvalue weighted by Crippen LogP contribution is 2.30. The average Bonchev–Trinajstić information content (AvgIpc) is 2.58. The Morgan fingerprint density at radius 2 is 1.91 bits per heavy atom. The lowest BCUT2D eigenvalue weighted by Gasteiger charge is -2.36. The minimum atomic E-state index is -0.688. The van der Waals surface area contributed by atoms with Gasteiger partial charge in [-0.1, -0.05) is 12.1 Å². The first-order valence-corrected chi connectivity index (χ1v) is 7.95. The molecule has 0 radical (unpaired) electrons. The summed E-state index contributed by atoms with van der Waals surface area (Å²) < 4.78 is 0. The molecule has 0 spiro atoms. The van der Waals surface area contributed by atoms with Crippen molar-refractivity contribution in [3.8, 4) is 0 Å². The number of hydrogen-bond donors (Lipinski definition) is 1. The molecule has 2 aromatic rings. The molecule has 1 aliphatic rings. The van der Waals surface area contributed by atoms with Gasteiger partial charge in [0.2, 0.25) is 0 Å². The van der Waals surface area contributed by atoms with Gasteiger partial charge in [0.1, 0.15) is 0 Å². The van der Waals surface area contributed by atoms with Crippen LogP contribution >= 0.6 is 0 Å². The molecule has 0 aromatic carbocycles. The second kappa shape index (κ2) is 6.87. The fourth-order valence-corrected chi connectivity index (χ4v) is 3.11. The maximum absolute atomic E-state index is 11.2. The highest BCUT2D eigenvalue weighted by Gasteiger charge is 2.31. The average molecular weight is 311 g/mol. The SMILES string of the molecule is Cc1ccc(C(c2ccccn2)N2CCC(C(=O)O)CC2)nc1. The highest BCUT2D eigenvalue weighted by molar-refractivity contribution is 5.70. The van der Waals surface area contributed by atoms with E-state index in [1.54, 1.807) is 6.20 Å². The van der Waals surface area contributed by atoms with Gasteiger partial charge in [0, 0.05) is 12.4 Å². The van der Waals surface area contributed by atoms with Crippen LogP contribution in [0.15, 0.2) is 42.7 Å². The number of carbonyl (C=O) groups is 1. The molecule has 5 heteroatoms. The molecule has 0 bridgehead atoms. The van der Waals surface area contributed by atoms with E-state index in [4.69, 9.17) is 0 Å². The summed E-state index contributed by atoms with van der Waals surface area (Å²) in [4.78, 5) is 22.6. The van der Waals surface area contributed by atoms with Crippen molar-refractivity contribution >= 4 is 5.97 Å². The summed E-state index contributed by atoms with van der Waals surface area (Å²) in [7, 11) is 0. The molecular formula is C18H21N3O2. The molecule has 1 fully saturated rings. The smallest absolute Gasteiger partial charge is 0.306 e. The first-order valence-electron chi connectivity index (χ1n) is 7.95. The molecule has 1 aliphatic heterocycles. The molecule has 5 nitrogen and oxygen atoms in total. The monoisotopic (exact) mass is 311 g/mol. The minimum absolute atomic E-state index is 0.0217. The molecule has 3 heterocycles. The molecule has 1 atom stereocenters. The van der Waals surface area contributed by atoms with E-state index in [1.165, 1.54) is 0 Å². The molecule has 0 aliphatic carbocycles. The van der Waals surface area contributed by atoms with Crippen LogP contribution in [0.5, 0.6) is 0 Å². The number of rotatable bonds is 4. The number of pyridine rings is 2. The molecule has 2 aromatic heterocycles. The van der Waals surface area contributed by atoms with Crippen molar-refractivity contribution in [2.45, 2.75) is 25.8 Å². The second-order valence-corrected chi connectivity index (χ2v) is 6.07. The summed E-state index contributed by atoms with van der Waals surface area (Å²) in [6.45, 7) is 3.51. The molecule has 23 heavy (non-hydrogen) atoms. The summed E-state index contributed by atoms with van der Waals surface area (Å²) >= 11 is 0. The van der Waals surface area contributed by atoms with Gasteiger partial charge in [-0.15, -0.1) is 0 Å². The summed E-state index contributed by atoms with van der Waals surface area (Å²) in [5, 5.41) is 9.18. The van der Waals surface area contributed by atoms with Gasteiger partial charge in [-0.3, -0.25) is 19.7 Å². The van der Waals surface area contributed by atoms with E-state index in [-0.39, 0.29) is 12.0 Å². The van der Waals surface area contributed by atoms with Gasteiger partial charge in [-0.25, -0.2) is 0 Å². The molecule has 1 unspecified atom stereocenters. The van der Waals surface area contributed by atoms with E-state index in [2.05, 4.69) is 20.9 Å². The van der Waals surface area contributed by atoms with Crippen LogP contribution in [0.2, 0.25) is 0 Å². The first-order chi connectivity index (χ1) is 11.1. The van der Waals surface area contributed by atoms with E-state index in [1.807, 2.05) is 37.4 Å². The quantitative estimate of drug-likeness (QED) is 0.940. The highest BCUT2D eigenvalue weighted by atomic mass is 16.4. The second-order valence-electron chi connectivity index (χ2n) is 6.07. The largest absolute Gasteiger partial charge is 0.481 e. The standard InChI is InChI=1S/C18H21N3O2/c1-13-5-6-16(20-12-13)17(15-4-2-3-9-19-15)21-10-7-14(8-11-21)18(22)23/h2-6,9,12,14,17H,7-8,10-11H2,1H3,(H,22,23). The Labute approximate surface area is 136 Å². The van der Waals surface area contributed by atoms with Crippen LogP contribution in [0.25, 0.3) is 0 Å². The molecule has 0 amide bonds. The van der Waals surface area contributed by atoms with Crippen LogP contribution in [0, 0.1) is 12.8 Å². The maximum atomic E-state index is 11.2. The Hall–Kier alpha value is -2.27. The molecular weight excluding hydrogens is 290 g/mol. The molecule has 3 rings (SSSR count). The van der Waals surface area contributed by atoms with E-state index < -0.39 is 5.97 Å². The van der Waals surface area contributed by atoms with Crippen LogP contribution in [-0.4, -0.2) is 39.0 Å². The fourth-order valence-electron chi connectivity index (χ4n) is 3.11. The van der Waals surface area contributed by atoms with Crippen molar-refractivity contribution in [2.24, 2.45) is 5.92 Å². The number of piperidine rings is 1. The van der Waals surface area contributed by atoms with E-state index >= 15 is 0 Å². The first kappa shape index (κ1) is 15.6. The van der Waals surface area contributed by atoms with Crippen LogP contribution in [0.1, 0.15) is 35.8 Å². The van der Waals surface area contributed by atoms with Gasteiger partial charge in [0.25, 0.3) is 0 Å².